The van der Waals surface area contributed by atoms with Gasteiger partial charge in [-0.2, -0.15) is 0 Å². The molecule has 9 heteroatoms. The molecule has 4 rings (SSSR count). The molecule has 0 bridgehead atoms. The number of nitrogens with zero attached hydrogens (tertiary/aromatic N) is 4. The number of aryl methyl sites for hydroxylation is 1. The lowest BCUT2D eigenvalue weighted by molar-refractivity contribution is -0.160. The van der Waals surface area contributed by atoms with Crippen molar-refractivity contribution in [2.45, 2.75) is 66.1 Å². The van der Waals surface area contributed by atoms with Crippen LogP contribution >= 0.6 is 0 Å². The van der Waals surface area contributed by atoms with E-state index in [0.717, 1.165) is 42.9 Å². The fraction of sp³-hybridized carbons (Fsp3) is 0.484. The topological polar surface area (TPSA) is 107 Å². The van der Waals surface area contributed by atoms with Crippen molar-refractivity contribution in [3.05, 3.63) is 60.3 Å². The molecule has 1 aliphatic heterocycles. The first-order valence-electron chi connectivity index (χ1n) is 13.7. The number of anilines is 1. The molecule has 1 saturated heterocycles. The standard InChI is InChI=1S/C31H40N4O5/c1-21-26(28(29(36)37)40-30(2,3)4)27(35-15-11-31(5,6)12-16-35)24(20-33-21)25-8-7-23(19-34-25)39-18-17-38-22-9-13-32-14-10-22/h7-10,13-14,19-20,28H,11-12,15-18H2,1-6H3,(H,36,37)/t28-/m0/s1. The first kappa shape index (κ1) is 29.3. The maximum Gasteiger partial charge on any atom is 0.337 e. The lowest BCUT2D eigenvalue weighted by Crippen LogP contribution is -2.39. The van der Waals surface area contributed by atoms with Gasteiger partial charge in [-0.3, -0.25) is 15.0 Å². The van der Waals surface area contributed by atoms with Gasteiger partial charge in [0.05, 0.1) is 23.2 Å². The molecule has 214 valence electrons. The Labute approximate surface area is 236 Å². The Hall–Kier alpha value is -3.72. The van der Waals surface area contributed by atoms with Crippen LogP contribution in [0.2, 0.25) is 0 Å². The molecular weight excluding hydrogens is 508 g/mol. The predicted molar refractivity (Wildman–Crippen MR) is 154 cm³/mol. The summed E-state index contributed by atoms with van der Waals surface area (Å²) in [5.41, 5.74) is 3.07. The van der Waals surface area contributed by atoms with E-state index >= 15 is 0 Å². The molecule has 1 aliphatic rings. The highest BCUT2D eigenvalue weighted by Gasteiger charge is 2.36. The number of ether oxygens (including phenoxy) is 3. The van der Waals surface area contributed by atoms with Crippen molar-refractivity contribution >= 4 is 11.7 Å². The van der Waals surface area contributed by atoms with Gasteiger partial charge in [0.25, 0.3) is 0 Å². The van der Waals surface area contributed by atoms with Gasteiger partial charge in [-0.05, 0) is 70.2 Å². The van der Waals surface area contributed by atoms with Crippen LogP contribution in [0.15, 0.2) is 49.1 Å². The lowest BCUT2D eigenvalue weighted by Gasteiger charge is -2.40. The van der Waals surface area contributed by atoms with Crippen molar-refractivity contribution in [1.29, 1.82) is 0 Å². The number of hydrogen-bond donors (Lipinski definition) is 1. The van der Waals surface area contributed by atoms with E-state index in [0.29, 0.717) is 35.9 Å². The SMILES string of the molecule is Cc1ncc(-c2ccc(OCCOc3ccncc3)cn2)c(N2CCC(C)(C)CC2)c1[C@H](OC(C)(C)C)C(=O)O. The van der Waals surface area contributed by atoms with Gasteiger partial charge < -0.3 is 24.2 Å². The Morgan fingerprint density at radius 2 is 1.65 bits per heavy atom. The maximum absolute atomic E-state index is 12.6. The van der Waals surface area contributed by atoms with E-state index in [1.165, 1.54) is 0 Å². The zero-order valence-electron chi connectivity index (χ0n) is 24.3. The predicted octanol–water partition coefficient (Wildman–Crippen LogP) is 5.87. The van der Waals surface area contributed by atoms with Crippen molar-refractivity contribution in [2.24, 2.45) is 5.41 Å². The molecule has 40 heavy (non-hydrogen) atoms. The summed E-state index contributed by atoms with van der Waals surface area (Å²) < 4.78 is 17.6. The van der Waals surface area contributed by atoms with Crippen molar-refractivity contribution in [3.8, 4) is 22.8 Å². The summed E-state index contributed by atoms with van der Waals surface area (Å²) in [4.78, 5) is 28.1. The second-order valence-corrected chi connectivity index (χ2v) is 11.9. The largest absolute Gasteiger partial charge is 0.490 e. The van der Waals surface area contributed by atoms with Gasteiger partial charge in [-0.1, -0.05) is 13.8 Å². The third-order valence-corrected chi connectivity index (χ3v) is 6.96. The smallest absolute Gasteiger partial charge is 0.337 e. The number of hydrogen-bond acceptors (Lipinski definition) is 8. The molecular formula is C31H40N4O5. The highest BCUT2D eigenvalue weighted by molar-refractivity contribution is 5.85. The van der Waals surface area contributed by atoms with Crippen molar-refractivity contribution in [2.75, 3.05) is 31.2 Å². The van der Waals surface area contributed by atoms with Gasteiger partial charge >= 0.3 is 5.97 Å². The molecule has 0 aliphatic carbocycles. The summed E-state index contributed by atoms with van der Waals surface area (Å²) in [5.74, 6) is 0.308. The second kappa shape index (κ2) is 12.2. The molecule has 0 aromatic carbocycles. The highest BCUT2D eigenvalue weighted by Crippen LogP contribution is 2.43. The highest BCUT2D eigenvalue weighted by atomic mass is 16.5. The summed E-state index contributed by atoms with van der Waals surface area (Å²) in [7, 11) is 0. The summed E-state index contributed by atoms with van der Waals surface area (Å²) in [5, 5.41) is 10.3. The Morgan fingerprint density at radius 1 is 1.00 bits per heavy atom. The molecule has 0 saturated carbocycles. The average Bonchev–Trinajstić information content (AvgIpc) is 2.90. The van der Waals surface area contributed by atoms with Crippen LogP contribution in [0.5, 0.6) is 11.5 Å². The Kier molecular flexibility index (Phi) is 8.93. The Balaban J connectivity index is 1.63. The van der Waals surface area contributed by atoms with Gasteiger partial charge in [0, 0.05) is 48.5 Å². The van der Waals surface area contributed by atoms with Gasteiger partial charge in [-0.15, -0.1) is 0 Å². The monoisotopic (exact) mass is 548 g/mol. The number of rotatable bonds is 10. The summed E-state index contributed by atoms with van der Waals surface area (Å²) >= 11 is 0. The minimum absolute atomic E-state index is 0.228. The zero-order valence-corrected chi connectivity index (χ0v) is 24.3. The number of pyridine rings is 3. The van der Waals surface area contributed by atoms with E-state index in [1.807, 2.05) is 39.8 Å². The molecule has 0 amide bonds. The number of piperidine rings is 1. The average molecular weight is 549 g/mol. The number of carbonyl (C=O) groups is 1. The minimum Gasteiger partial charge on any atom is -0.490 e. The molecule has 9 nitrogen and oxygen atoms in total. The van der Waals surface area contributed by atoms with E-state index in [-0.39, 0.29) is 5.41 Å². The molecule has 3 aromatic rings. The number of aromatic nitrogens is 3. The molecule has 1 fully saturated rings. The molecule has 1 N–H and O–H groups in total. The van der Waals surface area contributed by atoms with Crippen molar-refractivity contribution < 1.29 is 24.1 Å². The van der Waals surface area contributed by atoms with Crippen LogP contribution in [-0.2, 0) is 9.53 Å². The van der Waals surface area contributed by atoms with E-state index in [9.17, 15) is 9.90 Å². The van der Waals surface area contributed by atoms with Crippen LogP contribution in [0.3, 0.4) is 0 Å². The number of carboxylic acids is 1. The molecule has 0 spiro atoms. The van der Waals surface area contributed by atoms with Crippen molar-refractivity contribution in [1.82, 2.24) is 15.0 Å². The first-order valence-corrected chi connectivity index (χ1v) is 13.7. The quantitative estimate of drug-likeness (QED) is 0.311. The van der Waals surface area contributed by atoms with Crippen LogP contribution in [0, 0.1) is 12.3 Å². The van der Waals surface area contributed by atoms with E-state index in [4.69, 9.17) is 19.2 Å². The first-order chi connectivity index (χ1) is 18.9. The van der Waals surface area contributed by atoms with E-state index in [2.05, 4.69) is 28.7 Å². The molecule has 4 heterocycles. The molecule has 3 aromatic heterocycles. The third kappa shape index (κ3) is 7.47. The van der Waals surface area contributed by atoms with E-state index < -0.39 is 17.7 Å². The van der Waals surface area contributed by atoms with Crippen LogP contribution < -0.4 is 14.4 Å². The van der Waals surface area contributed by atoms with Gasteiger partial charge in [0.2, 0.25) is 0 Å². The van der Waals surface area contributed by atoms with Crippen LogP contribution in [0.4, 0.5) is 5.69 Å². The Morgan fingerprint density at radius 3 is 2.23 bits per heavy atom. The summed E-state index contributed by atoms with van der Waals surface area (Å²) in [6.45, 7) is 14.3. The molecule has 1 atom stereocenters. The van der Waals surface area contributed by atoms with Crippen LogP contribution in [0.1, 0.15) is 64.8 Å². The van der Waals surface area contributed by atoms with Gasteiger partial charge in [0.15, 0.2) is 6.10 Å². The second-order valence-electron chi connectivity index (χ2n) is 11.9. The summed E-state index contributed by atoms with van der Waals surface area (Å²) in [6, 6.07) is 7.33. The summed E-state index contributed by atoms with van der Waals surface area (Å²) in [6.07, 6.45) is 7.63. The number of aliphatic carboxylic acids is 1. The zero-order chi connectivity index (χ0) is 28.9. The van der Waals surface area contributed by atoms with Crippen LogP contribution in [-0.4, -0.2) is 57.9 Å². The fourth-order valence-corrected chi connectivity index (χ4v) is 4.75. The molecule has 0 unspecified atom stereocenters. The fourth-order valence-electron chi connectivity index (χ4n) is 4.75. The normalized spacial score (nSPS) is 15.9. The lowest BCUT2D eigenvalue weighted by atomic mass is 9.82. The maximum atomic E-state index is 12.6. The minimum atomic E-state index is -1.17. The van der Waals surface area contributed by atoms with Gasteiger partial charge in [0.1, 0.15) is 24.7 Å². The Bertz CT molecular complexity index is 1280. The number of carboxylic acid groups (broad SMARTS) is 1. The van der Waals surface area contributed by atoms with E-state index in [1.54, 1.807) is 36.9 Å². The van der Waals surface area contributed by atoms with Crippen molar-refractivity contribution in [3.63, 3.8) is 0 Å². The third-order valence-electron chi connectivity index (χ3n) is 6.96. The molecule has 0 radical (unpaired) electrons. The van der Waals surface area contributed by atoms with Gasteiger partial charge in [-0.25, -0.2) is 4.79 Å². The van der Waals surface area contributed by atoms with Crippen LogP contribution in [0.25, 0.3) is 11.3 Å².